The van der Waals surface area contributed by atoms with Crippen molar-refractivity contribution < 1.29 is 8.42 Å². The van der Waals surface area contributed by atoms with Crippen LogP contribution in [0.1, 0.15) is 31.4 Å². The molecule has 0 aliphatic rings. The van der Waals surface area contributed by atoms with E-state index in [0.717, 1.165) is 37.2 Å². The van der Waals surface area contributed by atoms with Gasteiger partial charge in [-0.25, -0.2) is 13.1 Å². The molecule has 0 atom stereocenters. The number of nitrogen functional groups attached to an aromatic ring is 1. The highest BCUT2D eigenvalue weighted by atomic mass is 32.2. The first kappa shape index (κ1) is 17.9. The third-order valence-corrected chi connectivity index (χ3v) is 5.27. The van der Waals surface area contributed by atoms with Crippen molar-refractivity contribution in [3.05, 3.63) is 23.3 Å². The first-order valence-corrected chi connectivity index (χ1v) is 8.88. The molecule has 0 amide bonds. The van der Waals surface area contributed by atoms with E-state index in [2.05, 4.69) is 23.5 Å². The van der Waals surface area contributed by atoms with Gasteiger partial charge < -0.3 is 10.6 Å². The number of aryl methyl sites for hydroxylation is 2. The number of rotatable bonds is 8. The molecule has 0 spiro atoms. The maximum Gasteiger partial charge on any atom is 0.242 e. The fraction of sp³-hybridized carbons (Fsp3) is 0.600. The number of sulfonamides is 1. The van der Waals surface area contributed by atoms with Crippen molar-refractivity contribution in [1.29, 1.82) is 0 Å². The lowest BCUT2D eigenvalue weighted by Gasteiger charge is -2.18. The van der Waals surface area contributed by atoms with Crippen LogP contribution >= 0.6 is 0 Å². The molecular formula is C15H27N3O2S. The first-order chi connectivity index (χ1) is 9.81. The zero-order valence-corrected chi connectivity index (χ0v) is 14.3. The van der Waals surface area contributed by atoms with Crippen molar-refractivity contribution >= 4 is 15.7 Å². The van der Waals surface area contributed by atoms with Gasteiger partial charge in [0.15, 0.2) is 0 Å². The maximum absolute atomic E-state index is 12.3. The van der Waals surface area contributed by atoms with Crippen LogP contribution in [0.2, 0.25) is 0 Å². The Balaban J connectivity index is 2.68. The molecule has 120 valence electrons. The third kappa shape index (κ3) is 4.98. The van der Waals surface area contributed by atoms with E-state index < -0.39 is 10.0 Å². The van der Waals surface area contributed by atoms with E-state index in [1.54, 1.807) is 12.1 Å². The minimum absolute atomic E-state index is 0.174. The first-order valence-electron chi connectivity index (χ1n) is 7.40. The molecule has 21 heavy (non-hydrogen) atoms. The van der Waals surface area contributed by atoms with Crippen molar-refractivity contribution in [3.63, 3.8) is 0 Å². The Hall–Kier alpha value is -1.11. The van der Waals surface area contributed by atoms with Gasteiger partial charge in [-0.2, -0.15) is 0 Å². The van der Waals surface area contributed by atoms with Crippen molar-refractivity contribution in [2.24, 2.45) is 0 Å². The number of nitrogens with two attached hydrogens (primary N) is 1. The molecule has 3 N–H and O–H groups in total. The fourth-order valence-corrected chi connectivity index (χ4v) is 3.44. The molecule has 5 nitrogen and oxygen atoms in total. The molecule has 0 aliphatic heterocycles. The summed E-state index contributed by atoms with van der Waals surface area (Å²) in [6.45, 7) is 11.3. The number of hydrogen-bond donors (Lipinski definition) is 2. The largest absolute Gasteiger partial charge is 0.398 e. The van der Waals surface area contributed by atoms with Crippen LogP contribution in [0.4, 0.5) is 5.69 Å². The summed E-state index contributed by atoms with van der Waals surface area (Å²) in [6.07, 6.45) is 0.783. The quantitative estimate of drug-likeness (QED) is 0.568. The highest BCUT2D eigenvalue weighted by Crippen LogP contribution is 2.22. The molecule has 6 heteroatoms. The van der Waals surface area contributed by atoms with Gasteiger partial charge in [0.25, 0.3) is 0 Å². The molecule has 1 rings (SSSR count). The highest BCUT2D eigenvalue weighted by molar-refractivity contribution is 7.89. The van der Waals surface area contributed by atoms with Gasteiger partial charge in [-0.3, -0.25) is 0 Å². The van der Waals surface area contributed by atoms with Crippen LogP contribution in [-0.2, 0) is 10.0 Å². The maximum atomic E-state index is 12.3. The topological polar surface area (TPSA) is 75.4 Å². The Kier molecular flexibility index (Phi) is 6.64. The smallest absolute Gasteiger partial charge is 0.242 e. The van der Waals surface area contributed by atoms with Gasteiger partial charge in [-0.05, 0) is 63.2 Å². The minimum atomic E-state index is -3.54. The summed E-state index contributed by atoms with van der Waals surface area (Å²) in [5.41, 5.74) is 8.06. The van der Waals surface area contributed by atoms with Crippen LogP contribution in [0, 0.1) is 13.8 Å². The molecule has 1 aromatic carbocycles. The second-order valence-corrected chi connectivity index (χ2v) is 6.99. The van der Waals surface area contributed by atoms with Gasteiger partial charge in [0.05, 0.1) is 5.69 Å². The van der Waals surface area contributed by atoms with E-state index in [0.29, 0.717) is 12.2 Å². The SMILES string of the molecule is CCN(CC)CCCNS(=O)(=O)c1cc(C)c(C)cc1N. The molecule has 1 aromatic rings. The predicted molar refractivity (Wildman–Crippen MR) is 87.9 cm³/mol. The molecular weight excluding hydrogens is 286 g/mol. The van der Waals surface area contributed by atoms with Gasteiger partial charge in [0.2, 0.25) is 10.0 Å². The van der Waals surface area contributed by atoms with Gasteiger partial charge in [-0.1, -0.05) is 13.8 Å². The van der Waals surface area contributed by atoms with Crippen LogP contribution in [0.3, 0.4) is 0 Å². The van der Waals surface area contributed by atoms with Crippen LogP contribution in [-0.4, -0.2) is 39.5 Å². The van der Waals surface area contributed by atoms with Crippen LogP contribution in [0.15, 0.2) is 17.0 Å². The molecule has 0 saturated carbocycles. The number of hydrogen-bond acceptors (Lipinski definition) is 4. The molecule has 0 saturated heterocycles. The average Bonchev–Trinajstić information content (AvgIpc) is 2.43. The van der Waals surface area contributed by atoms with Crippen molar-refractivity contribution in [3.8, 4) is 0 Å². The van der Waals surface area contributed by atoms with Gasteiger partial charge in [-0.15, -0.1) is 0 Å². The van der Waals surface area contributed by atoms with E-state index in [1.807, 2.05) is 13.8 Å². The molecule has 0 heterocycles. The Bertz CT molecular complexity index is 567. The Morgan fingerprint density at radius 2 is 1.71 bits per heavy atom. The van der Waals surface area contributed by atoms with Crippen molar-refractivity contribution in [2.75, 3.05) is 31.9 Å². The van der Waals surface area contributed by atoms with E-state index in [4.69, 9.17) is 5.73 Å². The lowest BCUT2D eigenvalue weighted by Crippen LogP contribution is -2.30. The second kappa shape index (κ2) is 7.77. The Labute approximate surface area is 128 Å². The van der Waals surface area contributed by atoms with E-state index >= 15 is 0 Å². The van der Waals surface area contributed by atoms with Gasteiger partial charge in [0, 0.05) is 6.54 Å². The highest BCUT2D eigenvalue weighted by Gasteiger charge is 2.17. The van der Waals surface area contributed by atoms with Crippen LogP contribution in [0.5, 0.6) is 0 Å². The van der Waals surface area contributed by atoms with Gasteiger partial charge in [0.1, 0.15) is 4.90 Å². The van der Waals surface area contributed by atoms with Crippen molar-refractivity contribution in [1.82, 2.24) is 9.62 Å². The minimum Gasteiger partial charge on any atom is -0.398 e. The summed E-state index contributed by atoms with van der Waals surface area (Å²) in [5, 5.41) is 0. The van der Waals surface area contributed by atoms with E-state index in [1.165, 1.54) is 0 Å². The number of anilines is 1. The Morgan fingerprint density at radius 1 is 1.14 bits per heavy atom. The standard InChI is InChI=1S/C15H27N3O2S/c1-5-18(6-2)9-7-8-17-21(19,20)15-11-13(4)12(3)10-14(15)16/h10-11,17H,5-9,16H2,1-4H3. The summed E-state index contributed by atoms with van der Waals surface area (Å²) in [6, 6.07) is 3.34. The average molecular weight is 313 g/mol. The number of nitrogens with zero attached hydrogens (tertiary/aromatic N) is 1. The van der Waals surface area contributed by atoms with Crippen molar-refractivity contribution in [2.45, 2.75) is 39.0 Å². The summed E-state index contributed by atoms with van der Waals surface area (Å²) in [4.78, 5) is 2.44. The molecule has 0 unspecified atom stereocenters. The predicted octanol–water partition coefficient (Wildman–Crippen LogP) is 1.90. The van der Waals surface area contributed by atoms with Crippen LogP contribution < -0.4 is 10.5 Å². The summed E-state index contributed by atoms with van der Waals surface area (Å²) in [5.74, 6) is 0. The van der Waals surface area contributed by atoms with Crippen LogP contribution in [0.25, 0.3) is 0 Å². The monoisotopic (exact) mass is 313 g/mol. The Morgan fingerprint density at radius 3 is 2.29 bits per heavy atom. The second-order valence-electron chi connectivity index (χ2n) is 5.25. The number of benzene rings is 1. The third-order valence-electron chi connectivity index (χ3n) is 3.75. The molecule has 0 aliphatic carbocycles. The van der Waals surface area contributed by atoms with Gasteiger partial charge >= 0.3 is 0 Å². The summed E-state index contributed by atoms with van der Waals surface area (Å²) >= 11 is 0. The zero-order valence-electron chi connectivity index (χ0n) is 13.4. The summed E-state index contributed by atoms with van der Waals surface area (Å²) in [7, 11) is -3.54. The van der Waals surface area contributed by atoms with E-state index in [-0.39, 0.29) is 4.90 Å². The zero-order chi connectivity index (χ0) is 16.0. The van der Waals surface area contributed by atoms with E-state index in [9.17, 15) is 8.42 Å². The normalized spacial score (nSPS) is 12.0. The molecule has 0 bridgehead atoms. The molecule has 0 aromatic heterocycles. The fourth-order valence-electron chi connectivity index (χ4n) is 2.17. The summed E-state index contributed by atoms with van der Waals surface area (Å²) < 4.78 is 27.2. The molecule has 0 radical (unpaired) electrons. The number of nitrogens with one attached hydrogen (secondary N) is 1. The molecule has 0 fully saturated rings. The lowest BCUT2D eigenvalue weighted by atomic mass is 10.1. The lowest BCUT2D eigenvalue weighted by molar-refractivity contribution is 0.300.